The lowest BCUT2D eigenvalue weighted by atomic mass is 10.2. The molecule has 2 saturated heterocycles. The average molecular weight is 155 g/mol. The first-order chi connectivity index (χ1) is 5.27. The van der Waals surface area contributed by atoms with Crippen molar-refractivity contribution in [1.82, 2.24) is 10.0 Å². The van der Waals surface area contributed by atoms with Gasteiger partial charge in [0.25, 0.3) is 0 Å². The number of hydrazine groups is 1. The van der Waals surface area contributed by atoms with Gasteiger partial charge in [0.15, 0.2) is 0 Å². The normalized spacial score (nSPS) is 40.9. The van der Waals surface area contributed by atoms with E-state index in [1.54, 1.807) is 0 Å². The van der Waals surface area contributed by atoms with Gasteiger partial charge in [0.05, 0.1) is 0 Å². The topological polar surface area (TPSA) is 32.5 Å². The molecule has 64 valence electrons. The minimum Gasteiger partial charge on any atom is -0.326 e. The summed E-state index contributed by atoms with van der Waals surface area (Å²) in [6, 6.07) is 1.13. The zero-order valence-corrected chi connectivity index (χ0v) is 7.16. The van der Waals surface area contributed by atoms with Gasteiger partial charge in [-0.3, -0.25) is 0 Å². The molecule has 0 saturated carbocycles. The lowest BCUT2D eigenvalue weighted by Gasteiger charge is -2.37. The molecule has 2 heterocycles. The number of nitrogens with zero attached hydrogens (tertiary/aromatic N) is 2. The van der Waals surface area contributed by atoms with Gasteiger partial charge in [-0.1, -0.05) is 0 Å². The summed E-state index contributed by atoms with van der Waals surface area (Å²) in [6.45, 7) is 5.78. The molecule has 0 radical (unpaired) electrons. The second-order valence-corrected chi connectivity index (χ2v) is 3.76. The molecule has 3 nitrogen and oxygen atoms in total. The lowest BCUT2D eigenvalue weighted by molar-refractivity contribution is -0.0320. The number of hydrogen-bond donors (Lipinski definition) is 1. The second-order valence-electron chi connectivity index (χ2n) is 3.76. The van der Waals surface area contributed by atoms with Gasteiger partial charge < -0.3 is 5.73 Å². The highest BCUT2D eigenvalue weighted by Crippen LogP contribution is 2.21. The third-order valence-electron chi connectivity index (χ3n) is 2.86. The van der Waals surface area contributed by atoms with Crippen LogP contribution in [0.1, 0.15) is 19.8 Å². The van der Waals surface area contributed by atoms with E-state index in [4.69, 9.17) is 5.73 Å². The van der Waals surface area contributed by atoms with E-state index in [-0.39, 0.29) is 0 Å². The van der Waals surface area contributed by atoms with Crippen LogP contribution in [0.3, 0.4) is 0 Å². The van der Waals surface area contributed by atoms with Gasteiger partial charge in [-0.05, 0) is 19.8 Å². The SMILES string of the molecule is CC1CCN2CCC(N)CN12. The van der Waals surface area contributed by atoms with Gasteiger partial charge in [-0.25, -0.2) is 10.0 Å². The van der Waals surface area contributed by atoms with Crippen molar-refractivity contribution >= 4 is 0 Å². The lowest BCUT2D eigenvalue weighted by Crippen LogP contribution is -2.52. The molecule has 2 N–H and O–H groups in total. The molecule has 0 bridgehead atoms. The summed E-state index contributed by atoms with van der Waals surface area (Å²) >= 11 is 0. The van der Waals surface area contributed by atoms with E-state index in [9.17, 15) is 0 Å². The Balaban J connectivity index is 2.01. The van der Waals surface area contributed by atoms with Crippen molar-refractivity contribution in [2.24, 2.45) is 5.73 Å². The van der Waals surface area contributed by atoms with Crippen molar-refractivity contribution in [3.63, 3.8) is 0 Å². The number of nitrogens with two attached hydrogens (primary N) is 1. The first kappa shape index (κ1) is 7.53. The molecule has 2 unspecified atom stereocenters. The molecular formula is C8H17N3. The van der Waals surface area contributed by atoms with Crippen LogP contribution >= 0.6 is 0 Å². The maximum Gasteiger partial charge on any atom is 0.0288 e. The summed E-state index contributed by atoms with van der Waals surface area (Å²) < 4.78 is 0. The monoisotopic (exact) mass is 155 g/mol. The summed E-state index contributed by atoms with van der Waals surface area (Å²) in [6.07, 6.45) is 2.48. The Labute approximate surface area is 68.1 Å². The van der Waals surface area contributed by atoms with E-state index in [1.165, 1.54) is 25.9 Å². The quantitative estimate of drug-likeness (QED) is 0.535. The van der Waals surface area contributed by atoms with E-state index >= 15 is 0 Å². The van der Waals surface area contributed by atoms with E-state index in [2.05, 4.69) is 16.9 Å². The highest BCUT2D eigenvalue weighted by molar-refractivity contribution is 4.83. The smallest absolute Gasteiger partial charge is 0.0288 e. The highest BCUT2D eigenvalue weighted by Gasteiger charge is 2.32. The first-order valence-electron chi connectivity index (χ1n) is 4.54. The van der Waals surface area contributed by atoms with Crippen molar-refractivity contribution in [2.45, 2.75) is 31.8 Å². The molecule has 2 atom stereocenters. The van der Waals surface area contributed by atoms with Crippen LogP contribution in [-0.4, -0.2) is 41.7 Å². The second kappa shape index (κ2) is 2.73. The fraction of sp³-hybridized carbons (Fsp3) is 1.00. The first-order valence-corrected chi connectivity index (χ1v) is 4.54. The average Bonchev–Trinajstić information content (AvgIpc) is 2.33. The molecular weight excluding hydrogens is 138 g/mol. The van der Waals surface area contributed by atoms with Crippen LogP contribution in [0.25, 0.3) is 0 Å². The minimum absolute atomic E-state index is 0.409. The molecule has 0 aromatic rings. The van der Waals surface area contributed by atoms with Gasteiger partial charge in [0.2, 0.25) is 0 Å². The summed E-state index contributed by atoms with van der Waals surface area (Å²) in [4.78, 5) is 0. The minimum atomic E-state index is 0.409. The molecule has 0 spiro atoms. The van der Waals surface area contributed by atoms with Gasteiger partial charge >= 0.3 is 0 Å². The summed E-state index contributed by atoms with van der Waals surface area (Å²) in [5.74, 6) is 0. The van der Waals surface area contributed by atoms with Crippen molar-refractivity contribution in [2.75, 3.05) is 19.6 Å². The van der Waals surface area contributed by atoms with Crippen LogP contribution in [0.15, 0.2) is 0 Å². The van der Waals surface area contributed by atoms with Gasteiger partial charge in [-0.15, -0.1) is 0 Å². The Hall–Kier alpha value is -0.120. The van der Waals surface area contributed by atoms with Crippen LogP contribution in [0.2, 0.25) is 0 Å². The molecule has 2 rings (SSSR count). The fourth-order valence-corrected chi connectivity index (χ4v) is 2.07. The Kier molecular flexibility index (Phi) is 1.87. The van der Waals surface area contributed by atoms with Crippen molar-refractivity contribution in [1.29, 1.82) is 0 Å². The number of hydrogen-bond acceptors (Lipinski definition) is 3. The molecule has 0 amide bonds. The van der Waals surface area contributed by atoms with Gasteiger partial charge in [-0.2, -0.15) is 0 Å². The predicted molar refractivity (Wildman–Crippen MR) is 45.0 cm³/mol. The van der Waals surface area contributed by atoms with Crippen LogP contribution in [-0.2, 0) is 0 Å². The highest BCUT2D eigenvalue weighted by atomic mass is 15.7. The van der Waals surface area contributed by atoms with Gasteiger partial charge in [0.1, 0.15) is 0 Å². The third kappa shape index (κ3) is 1.28. The predicted octanol–water partition coefficient (Wildman–Crippen LogP) is 0.0286. The maximum atomic E-state index is 5.88. The molecule has 0 aromatic carbocycles. The van der Waals surface area contributed by atoms with Crippen LogP contribution < -0.4 is 5.73 Å². The number of rotatable bonds is 0. The van der Waals surface area contributed by atoms with E-state index in [0.29, 0.717) is 6.04 Å². The zero-order chi connectivity index (χ0) is 7.84. The summed E-state index contributed by atoms with van der Waals surface area (Å²) in [5, 5.41) is 4.89. The largest absolute Gasteiger partial charge is 0.326 e. The van der Waals surface area contributed by atoms with Crippen molar-refractivity contribution in [3.05, 3.63) is 0 Å². The molecule has 2 aliphatic heterocycles. The third-order valence-corrected chi connectivity index (χ3v) is 2.86. The zero-order valence-electron chi connectivity index (χ0n) is 7.16. The fourth-order valence-electron chi connectivity index (χ4n) is 2.07. The van der Waals surface area contributed by atoms with Crippen molar-refractivity contribution in [3.8, 4) is 0 Å². The summed E-state index contributed by atoms with van der Waals surface area (Å²) in [5.41, 5.74) is 5.88. The molecule has 0 aromatic heterocycles. The molecule has 2 aliphatic rings. The van der Waals surface area contributed by atoms with Crippen molar-refractivity contribution < 1.29 is 0 Å². The maximum absolute atomic E-state index is 5.88. The van der Waals surface area contributed by atoms with E-state index in [0.717, 1.165) is 12.6 Å². The molecule has 2 fully saturated rings. The van der Waals surface area contributed by atoms with Crippen LogP contribution in [0.4, 0.5) is 0 Å². The van der Waals surface area contributed by atoms with E-state index in [1.807, 2.05) is 0 Å². The Morgan fingerprint density at radius 1 is 1.27 bits per heavy atom. The van der Waals surface area contributed by atoms with Crippen LogP contribution in [0.5, 0.6) is 0 Å². The Morgan fingerprint density at radius 2 is 2.00 bits per heavy atom. The molecule has 11 heavy (non-hydrogen) atoms. The summed E-state index contributed by atoms with van der Waals surface area (Å²) in [7, 11) is 0. The molecule has 0 aliphatic carbocycles. The standard InChI is InChI=1S/C8H17N3/c1-7-2-4-10-5-3-8(9)6-11(7)10/h7-8H,2-6,9H2,1H3. The molecule has 3 heteroatoms. The Morgan fingerprint density at radius 3 is 2.82 bits per heavy atom. The Bertz CT molecular complexity index is 148. The van der Waals surface area contributed by atoms with Gasteiger partial charge in [0, 0.05) is 31.7 Å². The number of fused-ring (bicyclic) bond motifs is 1. The van der Waals surface area contributed by atoms with E-state index < -0.39 is 0 Å². The van der Waals surface area contributed by atoms with Crippen LogP contribution in [0, 0.1) is 0 Å².